The molecule has 24 heavy (non-hydrogen) atoms. The Bertz CT molecular complexity index is 677. The van der Waals surface area contributed by atoms with Gasteiger partial charge in [0.15, 0.2) is 0 Å². The average molecular weight is 325 g/mol. The summed E-state index contributed by atoms with van der Waals surface area (Å²) in [5.74, 6) is 0.0151. The number of carbonyl (C=O) groups excluding carboxylic acids is 1. The van der Waals surface area contributed by atoms with Gasteiger partial charge in [0.1, 0.15) is 0 Å². The average Bonchev–Trinajstić information content (AvgIpc) is 3.08. The first-order valence-electron chi connectivity index (χ1n) is 9.06. The number of fused-ring (bicyclic) bond motifs is 1. The lowest BCUT2D eigenvalue weighted by molar-refractivity contribution is -0.120. The SMILES string of the molecule is CCCC1=CN=C(C2CCc3ccccc3N2C(=O)C(N)CC)C1. The topological polar surface area (TPSA) is 58.7 Å². The molecule has 4 nitrogen and oxygen atoms in total. The van der Waals surface area contributed by atoms with E-state index in [1.807, 2.05) is 36.2 Å². The predicted molar refractivity (Wildman–Crippen MR) is 99.3 cm³/mol. The van der Waals surface area contributed by atoms with Crippen molar-refractivity contribution in [3.05, 3.63) is 41.6 Å². The quantitative estimate of drug-likeness (QED) is 0.899. The summed E-state index contributed by atoms with van der Waals surface area (Å²) in [6.45, 7) is 4.15. The number of nitrogens with two attached hydrogens (primary N) is 1. The molecule has 2 atom stereocenters. The van der Waals surface area contributed by atoms with Crippen LogP contribution in [0.3, 0.4) is 0 Å². The highest BCUT2D eigenvalue weighted by atomic mass is 16.2. The molecule has 2 unspecified atom stereocenters. The maximum Gasteiger partial charge on any atom is 0.244 e. The monoisotopic (exact) mass is 325 g/mol. The minimum Gasteiger partial charge on any atom is -0.320 e. The van der Waals surface area contributed by atoms with Crippen molar-refractivity contribution in [3.8, 4) is 0 Å². The number of hydrogen-bond donors (Lipinski definition) is 1. The fourth-order valence-corrected chi connectivity index (χ4v) is 3.66. The molecule has 2 aliphatic heterocycles. The summed E-state index contributed by atoms with van der Waals surface area (Å²) in [6, 6.07) is 7.77. The Morgan fingerprint density at radius 2 is 2.17 bits per heavy atom. The summed E-state index contributed by atoms with van der Waals surface area (Å²) in [4.78, 5) is 19.6. The van der Waals surface area contributed by atoms with Gasteiger partial charge >= 0.3 is 0 Å². The number of amides is 1. The molecule has 2 N–H and O–H groups in total. The second-order valence-electron chi connectivity index (χ2n) is 6.74. The van der Waals surface area contributed by atoms with Crippen LogP contribution in [0.1, 0.15) is 51.5 Å². The summed E-state index contributed by atoms with van der Waals surface area (Å²) >= 11 is 0. The van der Waals surface area contributed by atoms with Crippen molar-refractivity contribution in [1.29, 1.82) is 0 Å². The van der Waals surface area contributed by atoms with Gasteiger partial charge in [-0.25, -0.2) is 0 Å². The van der Waals surface area contributed by atoms with Crippen LogP contribution in [-0.4, -0.2) is 23.7 Å². The third-order valence-corrected chi connectivity index (χ3v) is 5.02. The Kier molecular flexibility index (Phi) is 5.14. The second-order valence-corrected chi connectivity index (χ2v) is 6.74. The van der Waals surface area contributed by atoms with Crippen molar-refractivity contribution >= 4 is 17.3 Å². The van der Waals surface area contributed by atoms with Crippen molar-refractivity contribution in [2.75, 3.05) is 4.90 Å². The molecule has 4 heteroatoms. The second kappa shape index (κ2) is 7.31. The van der Waals surface area contributed by atoms with E-state index in [-0.39, 0.29) is 11.9 Å². The Morgan fingerprint density at radius 1 is 1.38 bits per heavy atom. The van der Waals surface area contributed by atoms with Gasteiger partial charge in [0, 0.05) is 24.0 Å². The molecule has 0 bridgehead atoms. The Labute approximate surface area is 144 Å². The molecule has 128 valence electrons. The van der Waals surface area contributed by atoms with E-state index in [4.69, 9.17) is 5.73 Å². The highest BCUT2D eigenvalue weighted by Crippen LogP contribution is 2.34. The van der Waals surface area contributed by atoms with E-state index < -0.39 is 6.04 Å². The number of aliphatic imine (C=N–C) groups is 1. The van der Waals surface area contributed by atoms with Gasteiger partial charge in [-0.3, -0.25) is 9.79 Å². The van der Waals surface area contributed by atoms with Crippen LogP contribution in [0.5, 0.6) is 0 Å². The van der Waals surface area contributed by atoms with Crippen LogP contribution in [0.15, 0.2) is 41.0 Å². The largest absolute Gasteiger partial charge is 0.320 e. The zero-order valence-corrected chi connectivity index (χ0v) is 14.7. The van der Waals surface area contributed by atoms with Crippen LogP contribution < -0.4 is 10.6 Å². The molecular weight excluding hydrogens is 298 g/mol. The molecule has 0 aromatic heterocycles. The Morgan fingerprint density at radius 3 is 2.92 bits per heavy atom. The summed E-state index contributed by atoms with van der Waals surface area (Å²) in [5.41, 5.74) is 10.8. The highest BCUT2D eigenvalue weighted by molar-refractivity contribution is 6.07. The van der Waals surface area contributed by atoms with Crippen molar-refractivity contribution < 1.29 is 4.79 Å². The maximum atomic E-state index is 13.0. The first kappa shape index (κ1) is 16.9. The van der Waals surface area contributed by atoms with Crippen LogP contribution in [0.4, 0.5) is 5.69 Å². The number of anilines is 1. The van der Waals surface area contributed by atoms with E-state index in [0.717, 1.165) is 43.5 Å². The number of aryl methyl sites for hydroxylation is 1. The van der Waals surface area contributed by atoms with Crippen LogP contribution in [-0.2, 0) is 11.2 Å². The minimum atomic E-state index is -0.455. The predicted octanol–water partition coefficient (Wildman–Crippen LogP) is 3.60. The van der Waals surface area contributed by atoms with Gasteiger partial charge in [-0.2, -0.15) is 0 Å². The van der Waals surface area contributed by atoms with E-state index >= 15 is 0 Å². The van der Waals surface area contributed by atoms with Crippen LogP contribution >= 0.6 is 0 Å². The smallest absolute Gasteiger partial charge is 0.244 e. The molecule has 1 aromatic carbocycles. The summed E-state index contributed by atoms with van der Waals surface area (Å²) in [5, 5.41) is 0. The van der Waals surface area contributed by atoms with E-state index in [1.165, 1.54) is 11.1 Å². The third kappa shape index (κ3) is 3.16. The fraction of sp³-hybridized carbons (Fsp3) is 0.500. The molecule has 0 saturated carbocycles. The minimum absolute atomic E-state index is 0.0151. The summed E-state index contributed by atoms with van der Waals surface area (Å²) in [6.07, 6.45) is 7.66. The number of allylic oxidation sites excluding steroid dienone is 1. The lowest BCUT2D eigenvalue weighted by atomic mass is 9.90. The maximum absolute atomic E-state index is 13.0. The van der Waals surface area contributed by atoms with E-state index in [2.05, 4.69) is 18.0 Å². The summed E-state index contributed by atoms with van der Waals surface area (Å²) < 4.78 is 0. The molecular formula is C20H27N3O. The number of benzene rings is 1. The number of rotatable bonds is 5. The zero-order chi connectivity index (χ0) is 17.1. The van der Waals surface area contributed by atoms with Gasteiger partial charge in [0.05, 0.1) is 12.1 Å². The van der Waals surface area contributed by atoms with Crippen LogP contribution in [0, 0.1) is 0 Å². The highest BCUT2D eigenvalue weighted by Gasteiger charge is 2.36. The molecule has 0 spiro atoms. The first-order valence-corrected chi connectivity index (χ1v) is 9.06. The van der Waals surface area contributed by atoms with Gasteiger partial charge in [-0.1, -0.05) is 38.5 Å². The van der Waals surface area contributed by atoms with Crippen molar-refractivity contribution in [1.82, 2.24) is 0 Å². The molecule has 0 fully saturated rings. The van der Waals surface area contributed by atoms with Crippen molar-refractivity contribution in [3.63, 3.8) is 0 Å². The van der Waals surface area contributed by atoms with E-state index in [0.29, 0.717) is 6.42 Å². The Hall–Kier alpha value is -1.94. The lowest BCUT2D eigenvalue weighted by Gasteiger charge is -2.38. The fourth-order valence-electron chi connectivity index (χ4n) is 3.66. The number of carbonyl (C=O) groups is 1. The normalized spacial score (nSPS) is 21.1. The number of hydrogen-bond acceptors (Lipinski definition) is 3. The van der Waals surface area contributed by atoms with Crippen molar-refractivity contribution in [2.24, 2.45) is 10.7 Å². The van der Waals surface area contributed by atoms with E-state index in [9.17, 15) is 4.79 Å². The first-order chi connectivity index (χ1) is 11.7. The van der Waals surface area contributed by atoms with Gasteiger partial charge < -0.3 is 10.6 Å². The molecule has 2 aliphatic rings. The zero-order valence-electron chi connectivity index (χ0n) is 14.7. The van der Waals surface area contributed by atoms with E-state index in [1.54, 1.807) is 0 Å². The van der Waals surface area contributed by atoms with Gasteiger partial charge in [-0.15, -0.1) is 0 Å². The van der Waals surface area contributed by atoms with Gasteiger partial charge in [0.25, 0.3) is 0 Å². The molecule has 0 aliphatic carbocycles. The third-order valence-electron chi connectivity index (χ3n) is 5.02. The number of para-hydroxylation sites is 1. The Balaban J connectivity index is 1.90. The summed E-state index contributed by atoms with van der Waals surface area (Å²) in [7, 11) is 0. The molecule has 0 saturated heterocycles. The molecule has 2 heterocycles. The van der Waals surface area contributed by atoms with Crippen LogP contribution in [0.25, 0.3) is 0 Å². The molecule has 0 radical (unpaired) electrons. The van der Waals surface area contributed by atoms with Crippen LogP contribution in [0.2, 0.25) is 0 Å². The standard InChI is InChI=1S/C20H27N3O/c1-3-7-14-12-17(22-13-14)19-11-10-15-8-5-6-9-18(15)23(19)20(24)16(21)4-2/h5-6,8-9,13,16,19H,3-4,7,10-12,21H2,1-2H3. The molecule has 1 amide bonds. The van der Waals surface area contributed by atoms with Crippen molar-refractivity contribution in [2.45, 2.75) is 64.5 Å². The van der Waals surface area contributed by atoms with Gasteiger partial charge in [0.2, 0.25) is 5.91 Å². The lowest BCUT2D eigenvalue weighted by Crippen LogP contribution is -2.53. The molecule has 1 aromatic rings. The molecule has 3 rings (SSSR count). The number of nitrogens with zero attached hydrogens (tertiary/aromatic N) is 2. The van der Waals surface area contributed by atoms with Gasteiger partial charge in [-0.05, 0) is 42.9 Å².